The number of piperazine rings is 1. The third-order valence-electron chi connectivity index (χ3n) is 3.94. The van der Waals surface area contributed by atoms with Crippen molar-refractivity contribution in [2.24, 2.45) is 0 Å². The second-order valence-corrected chi connectivity index (χ2v) is 7.99. The fraction of sp³-hybridized carbons (Fsp3) is 0.533. The predicted octanol–water partition coefficient (Wildman–Crippen LogP) is 2.93. The molecule has 0 saturated carbocycles. The van der Waals surface area contributed by atoms with Gasteiger partial charge in [-0.15, -0.1) is 0 Å². The van der Waals surface area contributed by atoms with Crippen molar-refractivity contribution < 1.29 is 44.3 Å². The maximum absolute atomic E-state index is 12.6. The second-order valence-electron chi connectivity index (χ2n) is 6.05. The Hall–Kier alpha value is -2.02. The number of hydrogen-bond acceptors (Lipinski definition) is 4. The molecule has 28 heavy (non-hydrogen) atoms. The summed E-state index contributed by atoms with van der Waals surface area (Å²) in [6.45, 7) is 0.269. The number of carbonyl (C=O) groups excluding carboxylic acids is 1. The van der Waals surface area contributed by atoms with Gasteiger partial charge < -0.3 is 9.64 Å². The number of aryl methyl sites for hydroxylation is 1. The van der Waals surface area contributed by atoms with Crippen molar-refractivity contribution in [1.82, 2.24) is 9.21 Å². The average Bonchev–Trinajstić information content (AvgIpc) is 2.57. The van der Waals surface area contributed by atoms with E-state index >= 15 is 0 Å². The molecule has 158 valence electrons. The number of benzene rings is 1. The Bertz CT molecular complexity index is 803. The van der Waals surface area contributed by atoms with Gasteiger partial charge in [0.1, 0.15) is 0 Å². The summed E-state index contributed by atoms with van der Waals surface area (Å²) in [4.78, 5) is 12.3. The standard InChI is InChI=1S/C15H16F6N2O4S/c1-10-3-2-4-11(9-10)28(25,26)23-7-5-22(6-8-23)13(24)27-12(14(16,17)18)15(19,20)21/h2-4,9,12H,5-8H2,1H3. The minimum absolute atomic E-state index is 0.00210. The molecule has 1 heterocycles. The Morgan fingerprint density at radius 1 is 1.04 bits per heavy atom. The maximum Gasteiger partial charge on any atom is 0.434 e. The summed E-state index contributed by atoms with van der Waals surface area (Å²) in [7, 11) is -3.91. The van der Waals surface area contributed by atoms with E-state index in [1.54, 1.807) is 13.0 Å². The van der Waals surface area contributed by atoms with Crippen LogP contribution in [0.2, 0.25) is 0 Å². The summed E-state index contributed by atoms with van der Waals surface area (Å²) in [5.74, 6) is 0. The van der Waals surface area contributed by atoms with Crippen LogP contribution in [0.5, 0.6) is 0 Å². The summed E-state index contributed by atoms with van der Waals surface area (Å²) >= 11 is 0. The van der Waals surface area contributed by atoms with E-state index in [1.807, 2.05) is 0 Å². The fourth-order valence-corrected chi connectivity index (χ4v) is 4.06. The predicted molar refractivity (Wildman–Crippen MR) is 83.9 cm³/mol. The van der Waals surface area contributed by atoms with Crippen LogP contribution in [0.25, 0.3) is 0 Å². The van der Waals surface area contributed by atoms with Crippen LogP contribution in [-0.4, -0.2) is 68.4 Å². The summed E-state index contributed by atoms with van der Waals surface area (Å²) in [6, 6.07) is 6.00. The molecule has 0 spiro atoms. The molecule has 0 aromatic heterocycles. The highest BCUT2D eigenvalue weighted by Crippen LogP contribution is 2.36. The number of nitrogens with zero attached hydrogens (tertiary/aromatic N) is 2. The van der Waals surface area contributed by atoms with Gasteiger partial charge in [0, 0.05) is 26.2 Å². The van der Waals surface area contributed by atoms with Gasteiger partial charge >= 0.3 is 18.4 Å². The van der Waals surface area contributed by atoms with Gasteiger partial charge in [0.25, 0.3) is 6.10 Å². The van der Waals surface area contributed by atoms with E-state index in [1.165, 1.54) is 18.2 Å². The molecule has 13 heteroatoms. The van der Waals surface area contributed by atoms with Crippen molar-refractivity contribution in [2.45, 2.75) is 30.3 Å². The quantitative estimate of drug-likeness (QED) is 0.687. The Morgan fingerprint density at radius 3 is 2.04 bits per heavy atom. The van der Waals surface area contributed by atoms with E-state index < -0.39 is 47.7 Å². The summed E-state index contributed by atoms with van der Waals surface area (Å²) in [5.41, 5.74) is 0.689. The Morgan fingerprint density at radius 2 is 1.57 bits per heavy atom. The van der Waals surface area contributed by atoms with Gasteiger partial charge in [-0.2, -0.15) is 30.6 Å². The average molecular weight is 434 g/mol. The van der Waals surface area contributed by atoms with Crippen molar-refractivity contribution in [3.8, 4) is 0 Å². The molecule has 0 radical (unpaired) electrons. The molecule has 1 aromatic carbocycles. The molecule has 0 N–H and O–H groups in total. The first-order valence-electron chi connectivity index (χ1n) is 7.89. The normalized spacial score (nSPS) is 17.1. The highest BCUT2D eigenvalue weighted by Gasteiger charge is 2.60. The number of amides is 1. The van der Waals surface area contributed by atoms with E-state index in [9.17, 15) is 39.6 Å². The molecule has 0 aliphatic carbocycles. The number of alkyl halides is 6. The minimum atomic E-state index is -5.82. The molecule has 0 atom stereocenters. The van der Waals surface area contributed by atoms with Gasteiger partial charge in [0.15, 0.2) is 0 Å². The molecule has 0 unspecified atom stereocenters. The lowest BCUT2D eigenvalue weighted by Crippen LogP contribution is -2.53. The van der Waals surface area contributed by atoms with Gasteiger partial charge in [-0.05, 0) is 24.6 Å². The molecule has 1 amide bonds. The lowest BCUT2D eigenvalue weighted by atomic mass is 10.2. The van der Waals surface area contributed by atoms with Gasteiger partial charge in [-0.25, -0.2) is 13.2 Å². The van der Waals surface area contributed by atoms with Crippen molar-refractivity contribution in [3.05, 3.63) is 29.8 Å². The fourth-order valence-electron chi connectivity index (χ4n) is 2.53. The Kier molecular flexibility index (Phi) is 6.19. The summed E-state index contributed by atoms with van der Waals surface area (Å²) in [5, 5.41) is 0. The van der Waals surface area contributed by atoms with Crippen LogP contribution < -0.4 is 0 Å². The molecular weight excluding hydrogens is 418 g/mol. The Balaban J connectivity index is 2.04. The first kappa shape index (κ1) is 22.3. The van der Waals surface area contributed by atoms with Crippen molar-refractivity contribution in [1.29, 1.82) is 0 Å². The lowest BCUT2D eigenvalue weighted by molar-refractivity contribution is -0.308. The first-order valence-corrected chi connectivity index (χ1v) is 9.33. The monoisotopic (exact) mass is 434 g/mol. The molecule has 1 aliphatic heterocycles. The molecule has 1 saturated heterocycles. The maximum atomic E-state index is 12.6. The summed E-state index contributed by atoms with van der Waals surface area (Å²) in [6.07, 6.45) is -17.7. The lowest BCUT2D eigenvalue weighted by Gasteiger charge is -2.34. The van der Waals surface area contributed by atoms with Crippen molar-refractivity contribution in [2.75, 3.05) is 26.2 Å². The van der Waals surface area contributed by atoms with E-state index in [4.69, 9.17) is 0 Å². The Labute approximate surface area is 156 Å². The number of hydrogen-bond donors (Lipinski definition) is 0. The highest BCUT2D eigenvalue weighted by atomic mass is 32.2. The SMILES string of the molecule is Cc1cccc(S(=O)(=O)N2CCN(C(=O)OC(C(F)(F)F)C(F)(F)F)CC2)c1. The third-order valence-corrected chi connectivity index (χ3v) is 5.83. The topological polar surface area (TPSA) is 66.9 Å². The number of rotatable bonds is 3. The van der Waals surface area contributed by atoms with Crippen molar-refractivity contribution >= 4 is 16.1 Å². The van der Waals surface area contributed by atoms with Crippen LogP contribution in [0.1, 0.15) is 5.56 Å². The largest absolute Gasteiger partial charge is 0.434 e. The van der Waals surface area contributed by atoms with Crippen molar-refractivity contribution in [3.63, 3.8) is 0 Å². The molecular formula is C15H16F6N2O4S. The van der Waals surface area contributed by atoms with E-state index in [0.717, 1.165) is 4.31 Å². The molecule has 1 aromatic rings. The molecule has 6 nitrogen and oxygen atoms in total. The highest BCUT2D eigenvalue weighted by molar-refractivity contribution is 7.89. The van der Waals surface area contributed by atoms with Gasteiger partial charge in [-0.1, -0.05) is 12.1 Å². The summed E-state index contributed by atoms with van der Waals surface area (Å²) < 4.78 is 105. The number of halogens is 6. The second kappa shape index (κ2) is 7.78. The molecule has 2 rings (SSSR count). The third kappa shape index (κ3) is 5.07. The molecule has 1 fully saturated rings. The van der Waals surface area contributed by atoms with Gasteiger partial charge in [0.2, 0.25) is 10.0 Å². The zero-order valence-corrected chi connectivity index (χ0v) is 15.2. The number of carbonyl (C=O) groups is 1. The van der Waals surface area contributed by atoms with E-state index in [0.29, 0.717) is 10.5 Å². The van der Waals surface area contributed by atoms with E-state index in [2.05, 4.69) is 4.74 Å². The van der Waals surface area contributed by atoms with Crippen LogP contribution in [0.15, 0.2) is 29.2 Å². The van der Waals surface area contributed by atoms with Gasteiger partial charge in [-0.3, -0.25) is 0 Å². The van der Waals surface area contributed by atoms with Crippen LogP contribution in [0.3, 0.4) is 0 Å². The van der Waals surface area contributed by atoms with Crippen LogP contribution in [0.4, 0.5) is 31.1 Å². The first-order chi connectivity index (χ1) is 12.7. The molecule has 1 aliphatic rings. The molecule has 0 bridgehead atoms. The van der Waals surface area contributed by atoms with Crippen LogP contribution >= 0.6 is 0 Å². The number of sulfonamides is 1. The van der Waals surface area contributed by atoms with E-state index in [-0.39, 0.29) is 18.0 Å². The van der Waals surface area contributed by atoms with Gasteiger partial charge in [0.05, 0.1) is 4.90 Å². The number of ether oxygens (including phenoxy) is 1. The zero-order chi connectivity index (χ0) is 21.3. The van der Waals surface area contributed by atoms with Crippen LogP contribution in [0, 0.1) is 6.92 Å². The minimum Gasteiger partial charge on any atom is -0.426 e. The zero-order valence-electron chi connectivity index (χ0n) is 14.4. The van der Waals surface area contributed by atoms with Crippen LogP contribution in [-0.2, 0) is 14.8 Å². The smallest absolute Gasteiger partial charge is 0.426 e.